The van der Waals surface area contributed by atoms with E-state index in [2.05, 4.69) is 104 Å². The molecule has 10 nitrogen and oxygen atoms in total. The van der Waals surface area contributed by atoms with E-state index in [0.717, 1.165) is 37.3 Å². The van der Waals surface area contributed by atoms with E-state index in [4.69, 9.17) is 33.2 Å². The van der Waals surface area contributed by atoms with E-state index in [1.54, 1.807) is 31.6 Å². The fourth-order valence-electron chi connectivity index (χ4n) is 4.36. The molecular formula is C40H70B2Br2IN3O7. The second-order valence-corrected chi connectivity index (χ2v) is 17.2. The third-order valence-corrected chi connectivity index (χ3v) is 9.46. The first-order chi connectivity index (χ1) is 24.0. The van der Waals surface area contributed by atoms with E-state index >= 15 is 0 Å². The van der Waals surface area contributed by atoms with Crippen LogP contribution < -0.4 is 14.9 Å². The second kappa shape index (κ2) is 25.8. The van der Waals surface area contributed by atoms with Crippen LogP contribution in [0.2, 0.25) is 6.82 Å². The molecule has 314 valence electrons. The highest BCUT2D eigenvalue weighted by molar-refractivity contribution is 14.1. The maximum Gasteiger partial charge on any atom is 0.496 e. The van der Waals surface area contributed by atoms with Crippen LogP contribution in [0.3, 0.4) is 0 Å². The smallest absolute Gasteiger partial charge is 0.496 e. The van der Waals surface area contributed by atoms with Crippen molar-refractivity contribution in [2.45, 2.75) is 148 Å². The van der Waals surface area contributed by atoms with E-state index < -0.39 is 7.12 Å². The van der Waals surface area contributed by atoms with Crippen molar-refractivity contribution in [3.8, 4) is 17.2 Å². The van der Waals surface area contributed by atoms with Gasteiger partial charge in [0.1, 0.15) is 17.2 Å². The Bertz CT molecular complexity index is 1520. The average Bonchev–Trinajstić information content (AvgIpc) is 3.37. The number of halogens is 3. The van der Waals surface area contributed by atoms with Crippen LogP contribution in [0.4, 0.5) is 0 Å². The van der Waals surface area contributed by atoms with Gasteiger partial charge in [0, 0.05) is 33.0 Å². The second-order valence-electron chi connectivity index (χ2n) is 13.9. The molecule has 1 N–H and O–H groups in total. The van der Waals surface area contributed by atoms with Crippen LogP contribution in [-0.4, -0.2) is 74.3 Å². The SMILES string of the molecule is C.C.C.CB1OC(C)(C)C(C)(C)O1.CCI.CCOc1cc(B2OC(C)(C)C(C)(C)O2)cnc1C.CCOc1cc(Br)cnc1C.Cc1ncc(Br)cc1O. The standard InChI is InChI=1S/C14H22BNO3.C8H10BrNO.C7H15BO2.C6H6BrNO.C2H5I.3CH4/c1-7-17-12-8-11(9-16-10(12)2)15-18-13(3,4)14(5,6)19-15;1-3-11-8-4-7(9)5-10-6(8)2;1-6(2)7(3,4)10-8(5)9-6;1-4-6(9)2-5(7)3-8-4;1-2-3;;;/h8-9H,7H2,1-6H3;4-5H,3H2,1-2H3;1-5H3;2-3,9H,1H3;2H2,1H3;3*1H4. The molecule has 5 rings (SSSR count). The van der Waals surface area contributed by atoms with E-state index in [0.29, 0.717) is 18.9 Å². The molecule has 0 atom stereocenters. The van der Waals surface area contributed by atoms with Gasteiger partial charge in [0.25, 0.3) is 0 Å². The average molecular weight is 1010 g/mol. The van der Waals surface area contributed by atoms with Crippen molar-refractivity contribution in [3.05, 3.63) is 62.8 Å². The molecule has 0 spiro atoms. The molecule has 0 aromatic carbocycles. The fourth-order valence-corrected chi connectivity index (χ4v) is 4.99. The zero-order valence-electron chi connectivity index (χ0n) is 33.6. The topological polar surface area (TPSA) is 114 Å². The van der Waals surface area contributed by atoms with Gasteiger partial charge in [-0.25, -0.2) is 0 Å². The van der Waals surface area contributed by atoms with Crippen molar-refractivity contribution >= 4 is 74.2 Å². The Kier molecular flexibility index (Phi) is 27.1. The predicted octanol–water partition coefficient (Wildman–Crippen LogP) is 11.6. The molecular weight excluding hydrogens is 943 g/mol. The molecule has 0 aliphatic carbocycles. The van der Waals surface area contributed by atoms with Crippen LogP contribution in [0.1, 0.15) is 116 Å². The fraction of sp³-hybridized carbons (Fsp3) is 0.625. The Labute approximate surface area is 366 Å². The monoisotopic (exact) mass is 1010 g/mol. The largest absolute Gasteiger partial charge is 0.506 e. The summed E-state index contributed by atoms with van der Waals surface area (Å²) in [5, 5.41) is 9.01. The minimum Gasteiger partial charge on any atom is -0.506 e. The lowest BCUT2D eigenvalue weighted by molar-refractivity contribution is 0.00578. The molecule has 3 aromatic heterocycles. The predicted molar refractivity (Wildman–Crippen MR) is 249 cm³/mol. The molecule has 5 heterocycles. The van der Waals surface area contributed by atoms with E-state index in [9.17, 15) is 0 Å². The lowest BCUT2D eigenvalue weighted by Gasteiger charge is -2.32. The number of aryl methyl sites for hydroxylation is 3. The lowest BCUT2D eigenvalue weighted by atomic mass is 9.80. The van der Waals surface area contributed by atoms with Crippen LogP contribution in [0.15, 0.2) is 45.7 Å². The molecule has 0 saturated carbocycles. The first kappa shape index (κ1) is 57.8. The van der Waals surface area contributed by atoms with E-state index in [1.807, 2.05) is 74.3 Å². The number of aromatic hydroxyl groups is 1. The summed E-state index contributed by atoms with van der Waals surface area (Å²) in [7, 11) is -0.456. The number of ether oxygens (including phenoxy) is 2. The van der Waals surface area contributed by atoms with Gasteiger partial charge in [-0.2, -0.15) is 0 Å². The maximum atomic E-state index is 9.01. The first-order valence-corrected chi connectivity index (χ1v) is 20.5. The zero-order valence-corrected chi connectivity index (χ0v) is 38.9. The summed E-state index contributed by atoms with van der Waals surface area (Å²) in [6, 6.07) is 5.49. The Morgan fingerprint density at radius 1 is 0.636 bits per heavy atom. The number of nitrogens with zero attached hydrogens (tertiary/aromatic N) is 3. The molecule has 0 unspecified atom stereocenters. The van der Waals surface area contributed by atoms with Crippen molar-refractivity contribution in [2.75, 3.05) is 17.6 Å². The van der Waals surface area contributed by atoms with Crippen molar-refractivity contribution in [1.29, 1.82) is 0 Å². The van der Waals surface area contributed by atoms with Crippen molar-refractivity contribution in [1.82, 2.24) is 15.0 Å². The number of rotatable bonds is 5. The van der Waals surface area contributed by atoms with Crippen LogP contribution in [0.5, 0.6) is 17.2 Å². The third-order valence-electron chi connectivity index (χ3n) is 8.59. The molecule has 2 aliphatic rings. The number of alkyl halides is 1. The Balaban J connectivity index is -0.000000656. The van der Waals surface area contributed by atoms with E-state index in [1.165, 1.54) is 4.43 Å². The highest BCUT2D eigenvalue weighted by atomic mass is 127. The molecule has 3 aromatic rings. The highest BCUT2D eigenvalue weighted by Gasteiger charge is 2.52. The minimum atomic E-state index is -0.391. The van der Waals surface area contributed by atoms with Crippen LogP contribution in [0, 0.1) is 20.8 Å². The Morgan fingerprint density at radius 3 is 1.33 bits per heavy atom. The number of pyridine rings is 3. The quantitative estimate of drug-likeness (QED) is 0.151. The molecule has 0 amide bonds. The van der Waals surface area contributed by atoms with Crippen LogP contribution in [-0.2, 0) is 18.6 Å². The molecule has 0 bridgehead atoms. The normalized spacial score (nSPS) is 16.3. The van der Waals surface area contributed by atoms with Crippen molar-refractivity contribution < 1.29 is 33.2 Å². The van der Waals surface area contributed by atoms with Gasteiger partial charge in [0.15, 0.2) is 0 Å². The van der Waals surface area contributed by atoms with Gasteiger partial charge in [0.05, 0.1) is 52.7 Å². The lowest BCUT2D eigenvalue weighted by Crippen LogP contribution is -2.41. The number of aromatic nitrogens is 3. The Morgan fingerprint density at radius 2 is 0.982 bits per heavy atom. The van der Waals surface area contributed by atoms with Gasteiger partial charge < -0.3 is 33.2 Å². The summed E-state index contributed by atoms with van der Waals surface area (Å²) in [6.45, 7) is 31.2. The first-order valence-electron chi connectivity index (χ1n) is 17.4. The van der Waals surface area contributed by atoms with Gasteiger partial charge in [-0.15, -0.1) is 0 Å². The minimum absolute atomic E-state index is 0. The third kappa shape index (κ3) is 18.3. The number of hydrogen-bond donors (Lipinski definition) is 1. The summed E-state index contributed by atoms with van der Waals surface area (Å²) < 4.78 is 37.0. The van der Waals surface area contributed by atoms with Crippen molar-refractivity contribution in [3.63, 3.8) is 0 Å². The summed E-state index contributed by atoms with van der Waals surface area (Å²) in [4.78, 5) is 12.4. The van der Waals surface area contributed by atoms with Crippen LogP contribution >= 0.6 is 54.5 Å². The maximum absolute atomic E-state index is 9.01. The Hall–Kier alpha value is -1.49. The summed E-state index contributed by atoms with van der Waals surface area (Å²) in [5.41, 5.74) is 2.35. The van der Waals surface area contributed by atoms with Gasteiger partial charge in [0.2, 0.25) is 0 Å². The summed E-state index contributed by atoms with van der Waals surface area (Å²) in [5.74, 6) is 1.86. The summed E-state index contributed by atoms with van der Waals surface area (Å²) in [6.07, 6.45) is 5.20. The molecule has 15 heteroatoms. The molecule has 2 fully saturated rings. The van der Waals surface area contributed by atoms with Gasteiger partial charge in [-0.3, -0.25) is 15.0 Å². The zero-order chi connectivity index (χ0) is 40.1. The van der Waals surface area contributed by atoms with E-state index in [-0.39, 0.29) is 57.6 Å². The summed E-state index contributed by atoms with van der Waals surface area (Å²) >= 11 is 8.79. The highest BCUT2D eigenvalue weighted by Crippen LogP contribution is 2.37. The molecule has 2 aliphatic heterocycles. The number of hydrogen-bond acceptors (Lipinski definition) is 10. The van der Waals surface area contributed by atoms with Gasteiger partial charge >= 0.3 is 14.2 Å². The van der Waals surface area contributed by atoms with Gasteiger partial charge in [-0.05, 0) is 151 Å². The molecule has 0 radical (unpaired) electrons. The van der Waals surface area contributed by atoms with Crippen LogP contribution in [0.25, 0.3) is 0 Å². The molecule has 2 saturated heterocycles. The van der Waals surface area contributed by atoms with Crippen molar-refractivity contribution in [2.24, 2.45) is 0 Å². The van der Waals surface area contributed by atoms with Gasteiger partial charge in [-0.1, -0.05) is 51.8 Å². The molecule has 55 heavy (non-hydrogen) atoms.